The van der Waals surface area contributed by atoms with Crippen molar-refractivity contribution in [2.24, 2.45) is 12.8 Å². The number of imidazole rings is 1. The Hall–Kier alpha value is -1.32. The minimum atomic E-state index is -0.0743. The second kappa shape index (κ2) is 4.90. The van der Waals surface area contributed by atoms with E-state index < -0.39 is 0 Å². The van der Waals surface area contributed by atoms with Gasteiger partial charge in [0, 0.05) is 36.9 Å². The number of nitrogens with two attached hydrogens (primary N) is 1. The molecule has 2 aromatic rings. The Morgan fingerprint density at radius 3 is 2.88 bits per heavy atom. The van der Waals surface area contributed by atoms with Gasteiger partial charge in [-0.15, -0.1) is 0 Å². The van der Waals surface area contributed by atoms with E-state index in [2.05, 4.69) is 4.98 Å². The van der Waals surface area contributed by atoms with Crippen molar-refractivity contribution in [3.05, 3.63) is 52.6 Å². The maximum Gasteiger partial charge on any atom is 0.110 e. The minimum Gasteiger partial charge on any atom is -0.338 e. The van der Waals surface area contributed by atoms with Gasteiger partial charge in [0.2, 0.25) is 0 Å². The highest BCUT2D eigenvalue weighted by atomic mass is 35.5. The molecule has 0 aliphatic carbocycles. The molecule has 1 unspecified atom stereocenters. The highest BCUT2D eigenvalue weighted by Crippen LogP contribution is 2.22. The molecule has 90 valence electrons. The summed E-state index contributed by atoms with van der Waals surface area (Å²) < 4.78 is 1.99. The first-order chi connectivity index (χ1) is 8.08. The van der Waals surface area contributed by atoms with Crippen LogP contribution in [0.2, 0.25) is 5.02 Å². The van der Waals surface area contributed by atoms with Crippen LogP contribution in [0, 0.1) is 6.92 Å². The lowest BCUT2D eigenvalue weighted by molar-refractivity contribution is 0.656. The lowest BCUT2D eigenvalue weighted by Gasteiger charge is -2.15. The van der Waals surface area contributed by atoms with Crippen molar-refractivity contribution < 1.29 is 0 Å². The number of benzene rings is 1. The third kappa shape index (κ3) is 2.68. The van der Waals surface area contributed by atoms with E-state index in [9.17, 15) is 0 Å². The zero-order valence-electron chi connectivity index (χ0n) is 10.0. The second-order valence-corrected chi connectivity index (χ2v) is 4.70. The Morgan fingerprint density at radius 2 is 2.24 bits per heavy atom. The number of hydrogen-bond donors (Lipinski definition) is 1. The van der Waals surface area contributed by atoms with Gasteiger partial charge in [-0.05, 0) is 30.2 Å². The topological polar surface area (TPSA) is 43.8 Å². The molecule has 1 aromatic carbocycles. The van der Waals surface area contributed by atoms with Crippen molar-refractivity contribution >= 4 is 11.6 Å². The van der Waals surface area contributed by atoms with Gasteiger partial charge in [0.15, 0.2) is 0 Å². The van der Waals surface area contributed by atoms with E-state index in [-0.39, 0.29) is 6.04 Å². The normalized spacial score (nSPS) is 12.7. The SMILES string of the molecule is Cc1ccc(Cl)cc1C(N)Cc1nccn1C. The van der Waals surface area contributed by atoms with Crippen molar-refractivity contribution in [1.82, 2.24) is 9.55 Å². The van der Waals surface area contributed by atoms with Crippen molar-refractivity contribution in [2.75, 3.05) is 0 Å². The van der Waals surface area contributed by atoms with E-state index in [0.717, 1.165) is 22.0 Å². The molecule has 1 heterocycles. The lowest BCUT2D eigenvalue weighted by atomic mass is 9.99. The highest BCUT2D eigenvalue weighted by molar-refractivity contribution is 6.30. The Kier molecular flexibility index (Phi) is 3.50. The first kappa shape index (κ1) is 12.1. The van der Waals surface area contributed by atoms with Crippen LogP contribution < -0.4 is 5.73 Å². The Labute approximate surface area is 106 Å². The smallest absolute Gasteiger partial charge is 0.110 e. The number of halogens is 1. The first-order valence-corrected chi connectivity index (χ1v) is 5.93. The predicted molar refractivity (Wildman–Crippen MR) is 70.0 cm³/mol. The van der Waals surface area contributed by atoms with E-state index in [4.69, 9.17) is 17.3 Å². The number of nitrogens with zero attached hydrogens (tertiary/aromatic N) is 2. The van der Waals surface area contributed by atoms with E-state index >= 15 is 0 Å². The highest BCUT2D eigenvalue weighted by Gasteiger charge is 2.12. The van der Waals surface area contributed by atoms with E-state index in [0.29, 0.717) is 6.42 Å². The Morgan fingerprint density at radius 1 is 1.47 bits per heavy atom. The molecular weight excluding hydrogens is 234 g/mol. The number of rotatable bonds is 3. The standard InChI is InChI=1S/C13H16ClN3/c1-9-3-4-10(14)7-11(9)12(15)8-13-16-5-6-17(13)2/h3-7,12H,8,15H2,1-2H3. The molecule has 0 bridgehead atoms. The summed E-state index contributed by atoms with van der Waals surface area (Å²) in [5, 5.41) is 0.723. The largest absolute Gasteiger partial charge is 0.338 e. The zero-order valence-corrected chi connectivity index (χ0v) is 10.8. The van der Waals surface area contributed by atoms with Crippen LogP contribution in [0.15, 0.2) is 30.6 Å². The fourth-order valence-corrected chi connectivity index (χ4v) is 2.09. The summed E-state index contributed by atoms with van der Waals surface area (Å²) in [5.74, 6) is 0.983. The van der Waals surface area contributed by atoms with Gasteiger partial charge in [0.1, 0.15) is 5.82 Å². The third-order valence-electron chi connectivity index (χ3n) is 2.96. The van der Waals surface area contributed by atoms with Crippen LogP contribution in [-0.2, 0) is 13.5 Å². The molecule has 0 spiro atoms. The zero-order chi connectivity index (χ0) is 12.4. The molecule has 0 saturated carbocycles. The minimum absolute atomic E-state index is 0.0743. The number of aromatic nitrogens is 2. The van der Waals surface area contributed by atoms with Gasteiger partial charge in [-0.3, -0.25) is 0 Å². The monoisotopic (exact) mass is 249 g/mol. The average molecular weight is 250 g/mol. The molecule has 0 aliphatic heterocycles. The summed E-state index contributed by atoms with van der Waals surface area (Å²) in [6, 6.07) is 5.74. The maximum atomic E-state index is 6.21. The molecule has 2 N–H and O–H groups in total. The fourth-order valence-electron chi connectivity index (χ4n) is 1.91. The predicted octanol–water partition coefficient (Wildman–Crippen LogP) is 2.62. The quantitative estimate of drug-likeness (QED) is 0.909. The fraction of sp³-hybridized carbons (Fsp3) is 0.308. The molecule has 0 radical (unpaired) electrons. The average Bonchev–Trinajstić information content (AvgIpc) is 2.68. The van der Waals surface area contributed by atoms with Gasteiger partial charge in [-0.25, -0.2) is 4.98 Å². The third-order valence-corrected chi connectivity index (χ3v) is 3.20. The maximum absolute atomic E-state index is 6.21. The molecule has 3 nitrogen and oxygen atoms in total. The molecule has 17 heavy (non-hydrogen) atoms. The van der Waals surface area contributed by atoms with Crippen molar-refractivity contribution in [2.45, 2.75) is 19.4 Å². The lowest BCUT2D eigenvalue weighted by Crippen LogP contribution is -2.16. The van der Waals surface area contributed by atoms with Crippen LogP contribution in [0.25, 0.3) is 0 Å². The van der Waals surface area contributed by atoms with E-state index in [1.54, 1.807) is 6.20 Å². The van der Waals surface area contributed by atoms with Gasteiger partial charge >= 0.3 is 0 Å². The first-order valence-electron chi connectivity index (χ1n) is 5.55. The second-order valence-electron chi connectivity index (χ2n) is 4.27. The summed E-state index contributed by atoms with van der Waals surface area (Å²) in [7, 11) is 1.97. The molecule has 0 saturated heterocycles. The van der Waals surface area contributed by atoms with Gasteiger partial charge in [0.05, 0.1) is 0 Å². The molecule has 2 rings (SSSR count). The van der Waals surface area contributed by atoms with Crippen LogP contribution in [0.4, 0.5) is 0 Å². The summed E-state index contributed by atoms with van der Waals surface area (Å²) in [6.45, 7) is 2.05. The van der Waals surface area contributed by atoms with Gasteiger partial charge < -0.3 is 10.3 Å². The molecule has 0 fully saturated rings. The van der Waals surface area contributed by atoms with Crippen LogP contribution >= 0.6 is 11.6 Å². The number of hydrogen-bond acceptors (Lipinski definition) is 2. The summed E-state index contributed by atoms with van der Waals surface area (Å²) in [4.78, 5) is 4.28. The van der Waals surface area contributed by atoms with Crippen molar-refractivity contribution in [3.8, 4) is 0 Å². The molecule has 1 atom stereocenters. The van der Waals surface area contributed by atoms with Gasteiger partial charge in [-0.1, -0.05) is 17.7 Å². The van der Waals surface area contributed by atoms with Crippen LogP contribution in [-0.4, -0.2) is 9.55 Å². The van der Waals surface area contributed by atoms with Crippen molar-refractivity contribution in [1.29, 1.82) is 0 Å². The molecule has 0 amide bonds. The molecule has 4 heteroatoms. The van der Waals surface area contributed by atoms with Crippen molar-refractivity contribution in [3.63, 3.8) is 0 Å². The van der Waals surface area contributed by atoms with Gasteiger partial charge in [-0.2, -0.15) is 0 Å². The Bertz CT molecular complexity index is 519. The molecular formula is C13H16ClN3. The Balaban J connectivity index is 2.23. The molecule has 1 aromatic heterocycles. The van der Waals surface area contributed by atoms with Crippen LogP contribution in [0.5, 0.6) is 0 Å². The summed E-state index contributed by atoms with van der Waals surface area (Å²) in [5.41, 5.74) is 8.46. The van der Waals surface area contributed by atoms with Crippen LogP contribution in [0.1, 0.15) is 23.0 Å². The van der Waals surface area contributed by atoms with E-state index in [1.165, 1.54) is 0 Å². The van der Waals surface area contributed by atoms with E-state index in [1.807, 2.05) is 42.9 Å². The number of aryl methyl sites for hydroxylation is 2. The molecule has 0 aliphatic rings. The van der Waals surface area contributed by atoms with Crippen LogP contribution in [0.3, 0.4) is 0 Å². The summed E-state index contributed by atoms with van der Waals surface area (Å²) in [6.07, 6.45) is 4.42. The summed E-state index contributed by atoms with van der Waals surface area (Å²) >= 11 is 6.00. The van der Waals surface area contributed by atoms with Gasteiger partial charge in [0.25, 0.3) is 0 Å².